The molecule has 3 rings (SSSR count). The number of benzene rings is 2. The van der Waals surface area contributed by atoms with Gasteiger partial charge in [0, 0.05) is 24.2 Å². The quantitative estimate of drug-likeness (QED) is 0.310. The fourth-order valence-corrected chi connectivity index (χ4v) is 4.12. The minimum Gasteiger partial charge on any atom is -0.490 e. The number of nitrogens with one attached hydrogen (secondary N) is 1. The van der Waals surface area contributed by atoms with Crippen LogP contribution in [0.15, 0.2) is 34.9 Å². The van der Waals surface area contributed by atoms with Crippen molar-refractivity contribution < 1.29 is 24.3 Å². The Hall–Kier alpha value is -3.27. The average molecular weight is 525 g/mol. The van der Waals surface area contributed by atoms with Crippen LogP contribution in [0.3, 0.4) is 0 Å². The van der Waals surface area contributed by atoms with Gasteiger partial charge in [0.15, 0.2) is 0 Å². The summed E-state index contributed by atoms with van der Waals surface area (Å²) in [5.41, 5.74) is 5.99. The van der Waals surface area contributed by atoms with E-state index in [-0.39, 0.29) is 13.2 Å². The van der Waals surface area contributed by atoms with E-state index >= 15 is 0 Å². The van der Waals surface area contributed by atoms with Gasteiger partial charge in [0.05, 0.1) is 0 Å². The lowest BCUT2D eigenvalue weighted by molar-refractivity contribution is -0.124. The predicted molar refractivity (Wildman–Crippen MR) is 147 cm³/mol. The summed E-state index contributed by atoms with van der Waals surface area (Å²) in [5, 5.41) is 25.6. The third-order valence-corrected chi connectivity index (χ3v) is 6.44. The zero-order valence-electron chi connectivity index (χ0n) is 23.2. The van der Waals surface area contributed by atoms with Gasteiger partial charge in [-0.3, -0.25) is 4.79 Å². The Balaban J connectivity index is 1.83. The van der Waals surface area contributed by atoms with Gasteiger partial charge in [0.1, 0.15) is 25.1 Å². The Bertz CT molecular complexity index is 1220. The number of aliphatic hydroxyl groups is 2. The number of aromatic nitrogens is 2. The van der Waals surface area contributed by atoms with Crippen LogP contribution in [-0.2, 0) is 17.8 Å². The molecule has 0 saturated heterocycles. The summed E-state index contributed by atoms with van der Waals surface area (Å²) in [5.74, 6) is 1.49. The summed E-state index contributed by atoms with van der Waals surface area (Å²) in [7, 11) is 2.10. The maximum Gasteiger partial charge on any atom is 0.258 e. The number of hydrogen-bond acceptors (Lipinski definition) is 8. The van der Waals surface area contributed by atoms with E-state index in [4.69, 9.17) is 19.4 Å². The normalized spacial score (nSPS) is 12.3. The number of aliphatic hydroxyl groups excluding tert-OH is 2. The molecule has 38 heavy (non-hydrogen) atoms. The molecule has 1 atom stereocenters. The van der Waals surface area contributed by atoms with E-state index in [0.29, 0.717) is 29.8 Å². The van der Waals surface area contributed by atoms with Crippen molar-refractivity contribution >= 4 is 5.91 Å². The highest BCUT2D eigenvalue weighted by molar-refractivity contribution is 5.76. The summed E-state index contributed by atoms with van der Waals surface area (Å²) < 4.78 is 11.6. The van der Waals surface area contributed by atoms with Crippen molar-refractivity contribution in [1.82, 2.24) is 20.4 Å². The minimum atomic E-state index is -0.905. The lowest BCUT2D eigenvalue weighted by atomic mass is 9.97. The van der Waals surface area contributed by atoms with Crippen LogP contribution < -0.4 is 10.1 Å². The van der Waals surface area contributed by atoms with E-state index in [1.54, 1.807) is 0 Å². The van der Waals surface area contributed by atoms with Crippen LogP contribution in [0.1, 0.15) is 55.9 Å². The number of rotatable bonds is 13. The molecule has 0 radical (unpaired) electrons. The van der Waals surface area contributed by atoms with Crippen molar-refractivity contribution in [3.8, 4) is 28.6 Å². The Morgan fingerprint density at radius 3 is 2.58 bits per heavy atom. The molecule has 1 heterocycles. The Labute approximate surface area is 224 Å². The topological polar surface area (TPSA) is 121 Å². The molecule has 9 nitrogen and oxygen atoms in total. The van der Waals surface area contributed by atoms with E-state index in [1.165, 1.54) is 11.1 Å². The van der Waals surface area contributed by atoms with Gasteiger partial charge in [0.25, 0.3) is 5.89 Å². The van der Waals surface area contributed by atoms with E-state index < -0.39 is 18.6 Å². The second-order valence-corrected chi connectivity index (χ2v) is 9.93. The largest absolute Gasteiger partial charge is 0.490 e. The van der Waals surface area contributed by atoms with Gasteiger partial charge < -0.3 is 29.7 Å². The lowest BCUT2D eigenvalue weighted by Crippen LogP contribution is -2.36. The second-order valence-electron chi connectivity index (χ2n) is 9.93. The third-order valence-electron chi connectivity index (χ3n) is 6.44. The van der Waals surface area contributed by atoms with E-state index in [2.05, 4.69) is 61.4 Å². The summed E-state index contributed by atoms with van der Waals surface area (Å²) >= 11 is 0. The van der Waals surface area contributed by atoms with Crippen LogP contribution in [0.5, 0.6) is 5.75 Å². The molecule has 0 aliphatic rings. The van der Waals surface area contributed by atoms with Gasteiger partial charge in [-0.1, -0.05) is 38.9 Å². The fourth-order valence-electron chi connectivity index (χ4n) is 4.12. The molecule has 1 aromatic heterocycles. The number of nitrogens with zero attached hydrogens (tertiary/aromatic N) is 3. The van der Waals surface area contributed by atoms with Gasteiger partial charge in [-0.05, 0) is 79.4 Å². The molecule has 1 amide bonds. The molecule has 0 aliphatic carbocycles. The highest BCUT2D eigenvalue weighted by Crippen LogP contribution is 2.32. The predicted octanol–water partition coefficient (Wildman–Crippen LogP) is 3.70. The number of hydrogen-bond donors (Lipinski definition) is 3. The summed E-state index contributed by atoms with van der Waals surface area (Å²) in [6.45, 7) is 11.6. The molecule has 9 heteroatoms. The third kappa shape index (κ3) is 7.63. The van der Waals surface area contributed by atoms with Gasteiger partial charge in [-0.2, -0.15) is 4.98 Å². The van der Waals surface area contributed by atoms with Gasteiger partial charge in [-0.15, -0.1) is 0 Å². The first kappa shape index (κ1) is 29.3. The second kappa shape index (κ2) is 13.5. The molecule has 0 fully saturated rings. The van der Waals surface area contributed by atoms with Crippen molar-refractivity contribution in [2.24, 2.45) is 0 Å². The standard InChI is InChI=1S/C29H40N4O5/c1-7-21-12-23(9-19(5)27(21)37-17-25(35)14-30-26(36)16-34)28-31-29(38-32-28)24-11-20(15-33(6)8-2)10-22(13-24)18(3)4/h9-13,18,25,34-35H,7-8,14-17H2,1-6H3,(H,30,36). The van der Waals surface area contributed by atoms with Gasteiger partial charge in [-0.25, -0.2) is 0 Å². The number of carbonyl (C=O) groups is 1. The first-order valence-electron chi connectivity index (χ1n) is 13.1. The molecular formula is C29H40N4O5. The van der Waals surface area contributed by atoms with Gasteiger partial charge in [0.2, 0.25) is 11.7 Å². The monoisotopic (exact) mass is 524 g/mol. The first-order valence-corrected chi connectivity index (χ1v) is 13.1. The van der Waals surface area contributed by atoms with Crippen LogP contribution in [-0.4, -0.2) is 70.6 Å². The van der Waals surface area contributed by atoms with Crippen LogP contribution in [0.4, 0.5) is 0 Å². The first-order chi connectivity index (χ1) is 18.1. The zero-order chi connectivity index (χ0) is 27.8. The molecule has 3 N–H and O–H groups in total. The van der Waals surface area contributed by atoms with Crippen LogP contribution >= 0.6 is 0 Å². The Morgan fingerprint density at radius 2 is 1.92 bits per heavy atom. The van der Waals surface area contributed by atoms with Crippen molar-refractivity contribution in [1.29, 1.82) is 0 Å². The highest BCUT2D eigenvalue weighted by Gasteiger charge is 2.18. The number of amides is 1. The zero-order valence-corrected chi connectivity index (χ0v) is 23.2. The Kier molecular flexibility index (Phi) is 10.4. The number of aryl methyl sites for hydroxylation is 2. The van der Waals surface area contributed by atoms with E-state index in [1.807, 2.05) is 26.0 Å². The lowest BCUT2D eigenvalue weighted by Gasteiger charge is -2.17. The minimum absolute atomic E-state index is 0.00191. The number of ether oxygens (including phenoxy) is 1. The molecule has 1 unspecified atom stereocenters. The SMILES string of the molecule is CCc1cc(-c2noc(-c3cc(CN(C)CC)cc(C(C)C)c3)n2)cc(C)c1OCC(O)CNC(=O)CO. The van der Waals surface area contributed by atoms with Crippen molar-refractivity contribution in [2.45, 2.75) is 59.6 Å². The molecule has 3 aromatic rings. The summed E-state index contributed by atoms with van der Waals surface area (Å²) in [6.07, 6.45) is -0.200. The summed E-state index contributed by atoms with van der Waals surface area (Å²) in [6, 6.07) is 10.4. The van der Waals surface area contributed by atoms with Crippen LogP contribution in [0, 0.1) is 6.92 Å². The van der Waals surface area contributed by atoms with Crippen molar-refractivity contribution in [3.05, 3.63) is 52.6 Å². The van der Waals surface area contributed by atoms with Crippen LogP contribution in [0.25, 0.3) is 22.8 Å². The molecular weight excluding hydrogens is 484 g/mol. The molecule has 206 valence electrons. The van der Waals surface area contributed by atoms with E-state index in [9.17, 15) is 9.90 Å². The molecule has 0 bridgehead atoms. The smallest absolute Gasteiger partial charge is 0.258 e. The molecule has 0 aliphatic heterocycles. The number of carbonyl (C=O) groups excluding carboxylic acids is 1. The fraction of sp³-hybridized carbons (Fsp3) is 0.483. The Morgan fingerprint density at radius 1 is 1.16 bits per heavy atom. The molecule has 2 aromatic carbocycles. The van der Waals surface area contributed by atoms with E-state index in [0.717, 1.165) is 35.3 Å². The molecule has 0 spiro atoms. The summed E-state index contributed by atoms with van der Waals surface area (Å²) in [4.78, 5) is 18.2. The molecule has 0 saturated carbocycles. The average Bonchev–Trinajstić information content (AvgIpc) is 3.40. The van der Waals surface area contributed by atoms with Crippen molar-refractivity contribution in [3.63, 3.8) is 0 Å². The maximum absolute atomic E-state index is 11.2. The van der Waals surface area contributed by atoms with Gasteiger partial charge >= 0.3 is 0 Å². The maximum atomic E-state index is 11.2. The highest BCUT2D eigenvalue weighted by atomic mass is 16.5. The van der Waals surface area contributed by atoms with Crippen molar-refractivity contribution in [2.75, 3.05) is 33.4 Å². The van der Waals surface area contributed by atoms with Crippen LogP contribution in [0.2, 0.25) is 0 Å².